The van der Waals surface area contributed by atoms with Crippen LogP contribution < -0.4 is 20.7 Å². The van der Waals surface area contributed by atoms with Crippen molar-refractivity contribution in [2.24, 2.45) is 0 Å². The van der Waals surface area contributed by atoms with E-state index in [1.54, 1.807) is 73.9 Å². The van der Waals surface area contributed by atoms with Gasteiger partial charge in [0.2, 0.25) is 11.8 Å². The minimum atomic E-state index is -0.896. The number of H-pyrrole nitrogens is 1. The topological polar surface area (TPSA) is 153 Å². The van der Waals surface area contributed by atoms with E-state index in [9.17, 15) is 32.8 Å². The Kier molecular flexibility index (Phi) is 12.9. The molecule has 0 aliphatic carbocycles. The predicted molar refractivity (Wildman–Crippen MR) is 201 cm³/mol. The second-order valence-electron chi connectivity index (χ2n) is 13.0. The number of anilines is 2. The quantitative estimate of drug-likeness (QED) is 0.0507. The highest BCUT2D eigenvalue weighted by atomic mass is 19.1. The minimum Gasteiger partial charge on any atom is -0.454 e. The molecule has 12 nitrogen and oxygen atoms in total. The van der Waals surface area contributed by atoms with Gasteiger partial charge in [0, 0.05) is 93.6 Å². The second kappa shape index (κ2) is 17.9. The van der Waals surface area contributed by atoms with Crippen molar-refractivity contribution in [3.05, 3.63) is 113 Å². The molecule has 1 aliphatic rings. The minimum absolute atomic E-state index is 0.117. The smallest absolute Gasteiger partial charge is 0.263 e. The standard InChI is InChI=1S/C40H42F2N6O6/c1-47(2)23-30(27-17-20-44-33(27)24-49)29-22-26(14-16-34(29)54-35-15-13-25(41)21-31(35)42)46-37(51)12-5-4-11-36(50)45-19-7-6-18-43-32-10-8-9-28-38(32)40(53)48(3)39(28)52/h8-10,13-17,20-24,43-44H,4-7,11-12,18-19H2,1-3H3,(H,45,50)(H,46,51)/b30-23+. The molecule has 0 spiro atoms. The van der Waals surface area contributed by atoms with E-state index < -0.39 is 11.6 Å². The SMILES string of the molecule is CN(C)/C=C(/c1cc(NC(=O)CCCCC(=O)NCCCCNc2cccc3c2C(=O)N(C)C3=O)ccc1Oc1ccc(F)cc1F)c1cc[nH]c1C=O. The molecule has 1 aliphatic heterocycles. The van der Waals surface area contributed by atoms with Crippen molar-refractivity contribution in [2.45, 2.75) is 38.5 Å². The first kappa shape index (κ1) is 38.9. The summed E-state index contributed by atoms with van der Waals surface area (Å²) in [5.41, 5.74) is 3.63. The molecular weight excluding hydrogens is 698 g/mol. The first-order chi connectivity index (χ1) is 26.0. The monoisotopic (exact) mass is 740 g/mol. The Bertz CT molecular complexity index is 2080. The molecule has 0 fully saturated rings. The van der Waals surface area contributed by atoms with Crippen LogP contribution in [0.25, 0.3) is 5.57 Å². The summed E-state index contributed by atoms with van der Waals surface area (Å²) in [6, 6.07) is 14.6. The number of imide groups is 1. The molecule has 4 N–H and O–H groups in total. The van der Waals surface area contributed by atoms with E-state index in [-0.39, 0.29) is 48.0 Å². The Morgan fingerprint density at radius 3 is 2.35 bits per heavy atom. The summed E-state index contributed by atoms with van der Waals surface area (Å²) in [5.74, 6) is -2.69. The zero-order chi connectivity index (χ0) is 38.8. The van der Waals surface area contributed by atoms with Crippen LogP contribution in [-0.2, 0) is 9.59 Å². The molecule has 0 saturated carbocycles. The first-order valence-electron chi connectivity index (χ1n) is 17.5. The maximum absolute atomic E-state index is 14.6. The number of hydrogen-bond donors (Lipinski definition) is 4. The van der Waals surface area contributed by atoms with E-state index in [0.717, 1.165) is 17.4 Å². The summed E-state index contributed by atoms with van der Waals surface area (Å²) in [4.78, 5) is 67.6. The maximum Gasteiger partial charge on any atom is 0.263 e. The van der Waals surface area contributed by atoms with Gasteiger partial charge in [-0.1, -0.05) is 6.07 Å². The number of aromatic amines is 1. The van der Waals surface area contributed by atoms with Crippen LogP contribution in [-0.4, -0.2) is 78.9 Å². The van der Waals surface area contributed by atoms with Crippen LogP contribution in [0.2, 0.25) is 0 Å². The largest absolute Gasteiger partial charge is 0.454 e. The number of carbonyl (C=O) groups is 5. The zero-order valence-corrected chi connectivity index (χ0v) is 30.3. The van der Waals surface area contributed by atoms with Crippen LogP contribution >= 0.6 is 0 Å². The highest BCUT2D eigenvalue weighted by Gasteiger charge is 2.34. The first-order valence-corrected chi connectivity index (χ1v) is 17.5. The summed E-state index contributed by atoms with van der Waals surface area (Å²) < 4.78 is 34.1. The van der Waals surface area contributed by atoms with Gasteiger partial charge in [0.15, 0.2) is 17.9 Å². The van der Waals surface area contributed by atoms with Gasteiger partial charge in [0.05, 0.1) is 16.8 Å². The maximum atomic E-state index is 14.6. The number of ether oxygens (including phenoxy) is 1. The van der Waals surface area contributed by atoms with Crippen LogP contribution in [0, 0.1) is 11.6 Å². The molecule has 54 heavy (non-hydrogen) atoms. The molecule has 282 valence electrons. The number of benzene rings is 3. The van der Waals surface area contributed by atoms with Crippen LogP contribution in [0.1, 0.15) is 80.9 Å². The molecule has 1 aromatic heterocycles. The van der Waals surface area contributed by atoms with Crippen molar-refractivity contribution in [1.29, 1.82) is 0 Å². The Balaban J connectivity index is 1.11. The van der Waals surface area contributed by atoms with Gasteiger partial charge in [0.1, 0.15) is 11.6 Å². The van der Waals surface area contributed by atoms with E-state index in [1.807, 2.05) is 0 Å². The number of amides is 4. The van der Waals surface area contributed by atoms with Gasteiger partial charge in [0.25, 0.3) is 11.8 Å². The van der Waals surface area contributed by atoms with Crippen LogP contribution in [0.3, 0.4) is 0 Å². The lowest BCUT2D eigenvalue weighted by molar-refractivity contribution is -0.121. The Morgan fingerprint density at radius 2 is 1.61 bits per heavy atom. The van der Waals surface area contributed by atoms with Crippen LogP contribution in [0.15, 0.2) is 73.1 Å². The molecule has 4 aromatic rings. The fourth-order valence-corrected chi connectivity index (χ4v) is 5.97. The normalized spacial score (nSPS) is 12.4. The molecular formula is C40H42F2N6O6. The highest BCUT2D eigenvalue weighted by Crippen LogP contribution is 2.38. The summed E-state index contributed by atoms with van der Waals surface area (Å²) in [6.45, 7) is 1.04. The molecule has 3 aromatic carbocycles. The van der Waals surface area contributed by atoms with E-state index in [4.69, 9.17) is 4.74 Å². The second-order valence-corrected chi connectivity index (χ2v) is 13.0. The summed E-state index contributed by atoms with van der Waals surface area (Å²) in [5, 5.41) is 8.97. The summed E-state index contributed by atoms with van der Waals surface area (Å²) >= 11 is 0. The lowest BCUT2D eigenvalue weighted by Crippen LogP contribution is -2.25. The van der Waals surface area contributed by atoms with Gasteiger partial charge in [-0.15, -0.1) is 0 Å². The molecule has 0 atom stereocenters. The fraction of sp³-hybridized carbons (Fsp3) is 0.275. The third-order valence-corrected chi connectivity index (χ3v) is 8.66. The Labute approximate surface area is 311 Å². The lowest BCUT2D eigenvalue weighted by atomic mass is 9.97. The Morgan fingerprint density at radius 1 is 0.870 bits per heavy atom. The number of aldehydes is 1. The van der Waals surface area contributed by atoms with Gasteiger partial charge in [-0.3, -0.25) is 28.9 Å². The van der Waals surface area contributed by atoms with E-state index in [1.165, 1.54) is 13.1 Å². The van der Waals surface area contributed by atoms with Crippen molar-refractivity contribution in [1.82, 2.24) is 20.1 Å². The number of nitrogens with one attached hydrogen (secondary N) is 4. The molecule has 0 radical (unpaired) electrons. The molecule has 4 amide bonds. The average molecular weight is 741 g/mol. The van der Waals surface area contributed by atoms with Crippen LogP contribution in [0.5, 0.6) is 11.5 Å². The highest BCUT2D eigenvalue weighted by molar-refractivity contribution is 6.23. The van der Waals surface area contributed by atoms with Gasteiger partial charge in [-0.2, -0.15) is 0 Å². The summed E-state index contributed by atoms with van der Waals surface area (Å²) in [6.07, 6.45) is 6.87. The van der Waals surface area contributed by atoms with Crippen molar-refractivity contribution >= 4 is 46.9 Å². The van der Waals surface area contributed by atoms with Gasteiger partial charge >= 0.3 is 0 Å². The fourth-order valence-electron chi connectivity index (χ4n) is 5.97. The molecule has 0 saturated heterocycles. The average Bonchev–Trinajstić information content (AvgIpc) is 3.71. The van der Waals surface area contributed by atoms with Crippen LogP contribution in [0.4, 0.5) is 20.2 Å². The van der Waals surface area contributed by atoms with Crippen molar-refractivity contribution in [2.75, 3.05) is 44.9 Å². The van der Waals surface area contributed by atoms with Gasteiger partial charge in [-0.05, 0) is 74.2 Å². The number of nitrogens with zero attached hydrogens (tertiary/aromatic N) is 2. The number of halogens is 2. The van der Waals surface area contributed by atoms with Gasteiger partial charge in [-0.25, -0.2) is 8.78 Å². The summed E-state index contributed by atoms with van der Waals surface area (Å²) in [7, 11) is 5.05. The van der Waals surface area contributed by atoms with Crippen molar-refractivity contribution < 1.29 is 37.5 Å². The number of unbranched alkanes of at least 4 members (excludes halogenated alkanes) is 2. The number of carbonyl (C=O) groups excluding carboxylic acids is 5. The zero-order valence-electron chi connectivity index (χ0n) is 30.3. The number of fused-ring (bicyclic) bond motifs is 1. The number of hydrogen-bond acceptors (Lipinski definition) is 8. The number of rotatable bonds is 18. The Hall–Kier alpha value is -6.31. The van der Waals surface area contributed by atoms with E-state index >= 15 is 0 Å². The molecule has 14 heteroatoms. The molecule has 2 heterocycles. The van der Waals surface area contributed by atoms with E-state index in [0.29, 0.717) is 89.6 Å². The molecule has 0 unspecified atom stereocenters. The van der Waals surface area contributed by atoms with E-state index in [2.05, 4.69) is 20.9 Å². The third kappa shape index (κ3) is 9.56. The van der Waals surface area contributed by atoms with Crippen molar-refractivity contribution in [3.8, 4) is 11.5 Å². The van der Waals surface area contributed by atoms with Gasteiger partial charge < -0.3 is 30.6 Å². The third-order valence-electron chi connectivity index (χ3n) is 8.66. The predicted octanol–water partition coefficient (Wildman–Crippen LogP) is 6.58. The molecule has 5 rings (SSSR count). The number of aromatic nitrogens is 1. The molecule has 0 bridgehead atoms. The van der Waals surface area contributed by atoms with Crippen molar-refractivity contribution in [3.63, 3.8) is 0 Å². The lowest BCUT2D eigenvalue weighted by Gasteiger charge is -2.18.